The first-order chi connectivity index (χ1) is 15.3. The average Bonchev–Trinajstić information content (AvgIpc) is 2.54. The smallest absolute Gasteiger partial charge is 0.217 e. The van der Waals surface area contributed by atoms with Crippen molar-refractivity contribution in [3.8, 4) is 0 Å². The molecule has 1 N–H and O–H groups in total. The second-order valence-electron chi connectivity index (χ2n) is 14.3. The molecule has 0 rings (SSSR count). The van der Waals surface area contributed by atoms with Crippen molar-refractivity contribution in [1.82, 2.24) is 5.32 Å². The molecule has 0 aliphatic carbocycles. The van der Waals surface area contributed by atoms with Crippen LogP contribution in [0.25, 0.3) is 0 Å². The zero-order valence-electron chi connectivity index (χ0n) is 25.7. The summed E-state index contributed by atoms with van der Waals surface area (Å²) in [4.78, 5) is 12.3. The van der Waals surface area contributed by atoms with Crippen LogP contribution in [-0.4, -0.2) is 85.1 Å². The molecule has 0 aromatic rings. The van der Waals surface area contributed by atoms with Crippen LogP contribution in [0.2, 0.25) is 98.2 Å². The zero-order chi connectivity index (χ0) is 28.0. The number of rotatable bonds is 16. The molecule has 0 heterocycles. The molecule has 0 aromatic carbocycles. The van der Waals surface area contributed by atoms with Crippen LogP contribution in [0.5, 0.6) is 0 Å². The summed E-state index contributed by atoms with van der Waals surface area (Å²) in [6.07, 6.45) is -1.11. The van der Waals surface area contributed by atoms with Crippen molar-refractivity contribution in [1.29, 1.82) is 0 Å². The highest BCUT2D eigenvalue weighted by molar-refractivity contribution is 6.71. The Hall–Kier alpha value is 0.354. The molecule has 0 saturated heterocycles. The predicted molar refractivity (Wildman–Crippen MR) is 161 cm³/mol. The average molecular weight is 584 g/mol. The van der Waals surface area contributed by atoms with E-state index in [0.29, 0.717) is 13.2 Å². The Kier molecular flexibility index (Phi) is 13.6. The molecule has 0 aliphatic heterocycles. The molecule has 0 bridgehead atoms. The molecule has 0 saturated carbocycles. The second kappa shape index (κ2) is 13.4. The Morgan fingerprint density at radius 2 is 0.943 bits per heavy atom. The van der Waals surface area contributed by atoms with Gasteiger partial charge in [0.25, 0.3) is 0 Å². The fourth-order valence-corrected chi connectivity index (χ4v) is 8.02. The van der Waals surface area contributed by atoms with Crippen molar-refractivity contribution in [3.05, 3.63) is 0 Å². The van der Waals surface area contributed by atoms with Gasteiger partial charge >= 0.3 is 0 Å². The van der Waals surface area contributed by atoms with Gasteiger partial charge in [0.2, 0.25) is 5.91 Å². The summed E-state index contributed by atoms with van der Waals surface area (Å²) >= 11 is 0. The maximum absolute atomic E-state index is 12.3. The van der Waals surface area contributed by atoms with Gasteiger partial charge in [-0.3, -0.25) is 4.79 Å². The van der Waals surface area contributed by atoms with Crippen LogP contribution in [0.4, 0.5) is 0 Å². The summed E-state index contributed by atoms with van der Waals surface area (Å²) in [5.41, 5.74) is 0. The van der Waals surface area contributed by atoms with Crippen molar-refractivity contribution in [2.24, 2.45) is 0 Å². The fourth-order valence-electron chi connectivity index (χ4n) is 3.35. The topological polar surface area (TPSA) is 75.3 Å². The number of carbonyl (C=O) groups excluding carboxylic acids is 1. The Labute approximate surface area is 222 Å². The molecule has 0 spiro atoms. The molecule has 1 amide bonds. The van der Waals surface area contributed by atoms with Gasteiger partial charge in [-0.1, -0.05) is 0 Å². The van der Waals surface area contributed by atoms with Crippen molar-refractivity contribution < 1.29 is 26.9 Å². The molecule has 0 radical (unpaired) electrons. The van der Waals surface area contributed by atoms with E-state index in [2.05, 4.69) is 104 Å². The van der Waals surface area contributed by atoms with E-state index < -0.39 is 53.8 Å². The summed E-state index contributed by atoms with van der Waals surface area (Å²) < 4.78 is 33.2. The summed E-state index contributed by atoms with van der Waals surface area (Å²) in [5.74, 6) is -0.105. The van der Waals surface area contributed by atoms with Gasteiger partial charge in [0.1, 0.15) is 0 Å². The van der Waals surface area contributed by atoms with Crippen molar-refractivity contribution in [2.45, 2.75) is 129 Å². The largest absolute Gasteiger partial charge is 0.415 e. The second-order valence-corrected chi connectivity index (χ2v) is 36.7. The van der Waals surface area contributed by atoms with Crippen LogP contribution < -0.4 is 5.32 Å². The van der Waals surface area contributed by atoms with E-state index in [0.717, 1.165) is 0 Å². The summed E-state index contributed by atoms with van der Waals surface area (Å²) in [6, 6.07) is -0.355. The predicted octanol–water partition coefficient (Wildman–Crippen LogP) is 5.85. The van der Waals surface area contributed by atoms with E-state index in [1.54, 1.807) is 6.92 Å². The monoisotopic (exact) mass is 583 g/mol. The van der Waals surface area contributed by atoms with Gasteiger partial charge in [0.05, 0.1) is 37.6 Å². The fraction of sp³-hybridized carbons (Fsp3) is 0.957. The minimum Gasteiger partial charge on any atom is -0.415 e. The summed E-state index contributed by atoms with van der Waals surface area (Å²) in [7, 11) is -9.68. The van der Waals surface area contributed by atoms with E-state index in [-0.39, 0.29) is 18.1 Å². The number of amides is 1. The molecule has 4 atom stereocenters. The first-order valence-electron chi connectivity index (χ1n) is 12.9. The highest BCUT2D eigenvalue weighted by Crippen LogP contribution is 2.27. The standard InChI is InChI=1S/C23H57NO6Si5/c1-19(25)24-20(17-26-31(2,3)4)22(29-34(11,12)13)23(30-35(14,15)16)21(28-33(8,9)10)18-27-32(5,6)7/h20-23H,17-18H2,1-16H3,(H,24,25)/t20-,21-,22-,23-/m1/s1. The molecule has 7 nitrogen and oxygen atoms in total. The van der Waals surface area contributed by atoms with Gasteiger partial charge in [0.15, 0.2) is 41.6 Å². The van der Waals surface area contributed by atoms with Gasteiger partial charge < -0.3 is 27.4 Å². The highest BCUT2D eigenvalue weighted by Gasteiger charge is 2.44. The first kappa shape index (κ1) is 35.4. The summed E-state index contributed by atoms with van der Waals surface area (Å²) in [6.45, 7) is 35.0. The minimum atomic E-state index is -2.05. The molecule has 12 heteroatoms. The van der Waals surface area contributed by atoms with Crippen molar-refractivity contribution >= 4 is 47.5 Å². The van der Waals surface area contributed by atoms with E-state index in [1.807, 2.05) is 0 Å². The lowest BCUT2D eigenvalue weighted by Crippen LogP contribution is -2.62. The SMILES string of the molecule is CC(=O)N[C@H](CO[Si](C)(C)C)[C@@H](O[Si](C)(C)C)[C@H](O[Si](C)(C)C)[C@@H](CO[Si](C)(C)C)O[Si](C)(C)C. The number of nitrogens with one attached hydrogen (secondary N) is 1. The van der Waals surface area contributed by atoms with E-state index in [9.17, 15) is 4.79 Å². The highest BCUT2D eigenvalue weighted by atomic mass is 28.4. The van der Waals surface area contributed by atoms with Gasteiger partial charge in [-0.15, -0.1) is 0 Å². The molecule has 0 unspecified atom stereocenters. The lowest BCUT2D eigenvalue weighted by atomic mass is 10.0. The lowest BCUT2D eigenvalue weighted by Gasteiger charge is -2.45. The van der Waals surface area contributed by atoms with E-state index in [1.165, 1.54) is 0 Å². The Bertz CT molecular complexity index is 647. The van der Waals surface area contributed by atoms with E-state index >= 15 is 0 Å². The van der Waals surface area contributed by atoms with Crippen LogP contribution in [0.1, 0.15) is 6.92 Å². The molecular weight excluding hydrogens is 527 g/mol. The van der Waals surface area contributed by atoms with Crippen LogP contribution in [0, 0.1) is 0 Å². The van der Waals surface area contributed by atoms with Gasteiger partial charge in [0, 0.05) is 6.92 Å². The quantitative estimate of drug-likeness (QED) is 0.230. The minimum absolute atomic E-state index is 0.105. The third-order valence-electron chi connectivity index (χ3n) is 4.34. The summed E-state index contributed by atoms with van der Waals surface area (Å²) in [5, 5.41) is 3.15. The number of carbonyl (C=O) groups is 1. The van der Waals surface area contributed by atoms with Crippen LogP contribution in [0.3, 0.4) is 0 Å². The van der Waals surface area contributed by atoms with E-state index in [4.69, 9.17) is 22.1 Å². The van der Waals surface area contributed by atoms with Crippen molar-refractivity contribution in [3.63, 3.8) is 0 Å². The van der Waals surface area contributed by atoms with Crippen LogP contribution >= 0.6 is 0 Å². The Morgan fingerprint density at radius 1 is 0.571 bits per heavy atom. The molecule has 35 heavy (non-hydrogen) atoms. The van der Waals surface area contributed by atoms with Gasteiger partial charge in [-0.25, -0.2) is 0 Å². The normalized spacial score (nSPS) is 17.6. The first-order valence-corrected chi connectivity index (χ1v) is 29.9. The molecule has 0 aromatic heterocycles. The molecule has 0 aliphatic rings. The third kappa shape index (κ3) is 19.1. The van der Waals surface area contributed by atoms with Gasteiger partial charge in [-0.05, 0) is 98.2 Å². The van der Waals surface area contributed by atoms with Crippen molar-refractivity contribution in [2.75, 3.05) is 13.2 Å². The van der Waals surface area contributed by atoms with Crippen LogP contribution in [-0.2, 0) is 26.9 Å². The third-order valence-corrected chi connectivity index (χ3v) is 9.37. The van der Waals surface area contributed by atoms with Gasteiger partial charge in [-0.2, -0.15) is 0 Å². The Morgan fingerprint density at radius 3 is 1.29 bits per heavy atom. The lowest BCUT2D eigenvalue weighted by molar-refractivity contribution is -0.122. The molecular formula is C23H57NO6Si5. The molecule has 210 valence electrons. The number of hydrogen-bond donors (Lipinski definition) is 1. The Balaban J connectivity index is 6.69. The van der Waals surface area contributed by atoms with Crippen LogP contribution in [0.15, 0.2) is 0 Å². The number of hydrogen-bond acceptors (Lipinski definition) is 6. The maximum Gasteiger partial charge on any atom is 0.217 e. The maximum atomic E-state index is 12.3. The zero-order valence-corrected chi connectivity index (χ0v) is 30.7. The molecule has 0 fully saturated rings.